The molecule has 3 rings (SSSR count). The van der Waals surface area contributed by atoms with E-state index in [1.54, 1.807) is 0 Å². The molecule has 0 fully saturated rings. The SMILES string of the molecule is CC1=CCC(C(COCc2ccccc2)COCc2ccccc2)OC1. The number of ether oxygens (including phenoxy) is 3. The largest absolute Gasteiger partial charge is 0.376 e. The fourth-order valence-electron chi connectivity index (χ4n) is 3.08. The van der Waals surface area contributed by atoms with Gasteiger partial charge in [0.15, 0.2) is 0 Å². The van der Waals surface area contributed by atoms with Crippen molar-refractivity contribution < 1.29 is 14.2 Å². The molecular formula is C23H28O3. The fraction of sp³-hybridized carbons (Fsp3) is 0.391. The Labute approximate surface area is 156 Å². The Hall–Kier alpha value is -1.94. The maximum Gasteiger partial charge on any atom is 0.0717 e. The van der Waals surface area contributed by atoms with Gasteiger partial charge in [0.25, 0.3) is 0 Å². The Morgan fingerprint density at radius 3 is 1.88 bits per heavy atom. The van der Waals surface area contributed by atoms with Crippen molar-refractivity contribution in [3.63, 3.8) is 0 Å². The molecule has 0 spiro atoms. The van der Waals surface area contributed by atoms with Gasteiger partial charge in [-0.1, -0.05) is 72.3 Å². The summed E-state index contributed by atoms with van der Waals surface area (Å²) in [5, 5.41) is 0. The Morgan fingerprint density at radius 2 is 1.42 bits per heavy atom. The third-order valence-corrected chi connectivity index (χ3v) is 4.64. The van der Waals surface area contributed by atoms with Gasteiger partial charge in [-0.2, -0.15) is 0 Å². The molecule has 138 valence electrons. The van der Waals surface area contributed by atoms with Crippen LogP contribution in [0, 0.1) is 5.92 Å². The topological polar surface area (TPSA) is 27.7 Å². The molecule has 0 saturated heterocycles. The second kappa shape index (κ2) is 10.3. The van der Waals surface area contributed by atoms with Crippen molar-refractivity contribution in [3.8, 4) is 0 Å². The van der Waals surface area contributed by atoms with Gasteiger partial charge in [0.2, 0.25) is 0 Å². The molecular weight excluding hydrogens is 324 g/mol. The van der Waals surface area contributed by atoms with Gasteiger partial charge in [0.05, 0.1) is 39.1 Å². The second-order valence-electron chi connectivity index (χ2n) is 6.90. The quantitative estimate of drug-likeness (QED) is 0.608. The Bertz CT molecular complexity index is 621. The molecule has 0 N–H and O–H groups in total. The highest BCUT2D eigenvalue weighted by Crippen LogP contribution is 2.21. The van der Waals surface area contributed by atoms with Crippen molar-refractivity contribution in [1.82, 2.24) is 0 Å². The van der Waals surface area contributed by atoms with Crippen molar-refractivity contribution >= 4 is 0 Å². The molecule has 0 amide bonds. The van der Waals surface area contributed by atoms with E-state index in [0.29, 0.717) is 33.0 Å². The Balaban J connectivity index is 1.51. The minimum absolute atomic E-state index is 0.158. The predicted octanol–water partition coefficient (Wildman–Crippen LogP) is 4.77. The molecule has 2 aromatic rings. The summed E-state index contributed by atoms with van der Waals surface area (Å²) >= 11 is 0. The first-order valence-electron chi connectivity index (χ1n) is 9.32. The fourth-order valence-corrected chi connectivity index (χ4v) is 3.08. The molecule has 26 heavy (non-hydrogen) atoms. The van der Waals surface area contributed by atoms with E-state index >= 15 is 0 Å². The maximum absolute atomic E-state index is 6.03. The average Bonchev–Trinajstić information content (AvgIpc) is 2.69. The summed E-state index contributed by atoms with van der Waals surface area (Å²) in [6, 6.07) is 20.5. The molecule has 2 aromatic carbocycles. The lowest BCUT2D eigenvalue weighted by Crippen LogP contribution is -2.33. The number of benzene rings is 2. The van der Waals surface area contributed by atoms with Crippen molar-refractivity contribution in [2.75, 3.05) is 19.8 Å². The van der Waals surface area contributed by atoms with Crippen LogP contribution in [0.4, 0.5) is 0 Å². The van der Waals surface area contributed by atoms with Gasteiger partial charge in [-0.15, -0.1) is 0 Å². The van der Waals surface area contributed by atoms with E-state index in [0.717, 1.165) is 6.42 Å². The lowest BCUT2D eigenvalue weighted by atomic mass is 9.98. The smallest absolute Gasteiger partial charge is 0.0717 e. The first-order valence-corrected chi connectivity index (χ1v) is 9.32. The Morgan fingerprint density at radius 1 is 0.885 bits per heavy atom. The van der Waals surface area contributed by atoms with Crippen molar-refractivity contribution in [3.05, 3.63) is 83.4 Å². The summed E-state index contributed by atoms with van der Waals surface area (Å²) in [4.78, 5) is 0. The highest BCUT2D eigenvalue weighted by Gasteiger charge is 2.24. The molecule has 1 aliphatic heterocycles. The van der Waals surface area contributed by atoms with Crippen molar-refractivity contribution in [2.24, 2.45) is 5.92 Å². The van der Waals surface area contributed by atoms with Crippen LogP contribution in [-0.2, 0) is 27.4 Å². The van der Waals surface area contributed by atoms with Gasteiger partial charge in [0, 0.05) is 5.92 Å². The van der Waals surface area contributed by atoms with Gasteiger partial charge in [-0.05, 0) is 24.5 Å². The van der Waals surface area contributed by atoms with E-state index in [-0.39, 0.29) is 12.0 Å². The zero-order chi connectivity index (χ0) is 18.0. The second-order valence-corrected chi connectivity index (χ2v) is 6.90. The van der Waals surface area contributed by atoms with Gasteiger partial charge in [0.1, 0.15) is 0 Å². The summed E-state index contributed by atoms with van der Waals surface area (Å²) in [5.74, 6) is 0.228. The first kappa shape index (κ1) is 18.8. The molecule has 1 unspecified atom stereocenters. The monoisotopic (exact) mass is 352 g/mol. The van der Waals surface area contributed by atoms with Crippen LogP contribution in [0.2, 0.25) is 0 Å². The third-order valence-electron chi connectivity index (χ3n) is 4.64. The van der Waals surface area contributed by atoms with E-state index in [4.69, 9.17) is 14.2 Å². The van der Waals surface area contributed by atoms with Crippen molar-refractivity contribution in [2.45, 2.75) is 32.7 Å². The zero-order valence-corrected chi connectivity index (χ0v) is 15.5. The van der Waals surface area contributed by atoms with Gasteiger partial charge in [-0.3, -0.25) is 0 Å². The van der Waals surface area contributed by atoms with E-state index in [9.17, 15) is 0 Å². The highest BCUT2D eigenvalue weighted by atomic mass is 16.5. The molecule has 0 aliphatic carbocycles. The number of hydrogen-bond donors (Lipinski definition) is 0. The third kappa shape index (κ3) is 6.10. The maximum atomic E-state index is 6.03. The normalized spacial score (nSPS) is 17.3. The van der Waals surface area contributed by atoms with Crippen molar-refractivity contribution in [1.29, 1.82) is 0 Å². The van der Waals surface area contributed by atoms with Crippen LogP contribution in [-0.4, -0.2) is 25.9 Å². The zero-order valence-electron chi connectivity index (χ0n) is 15.5. The van der Waals surface area contributed by atoms with E-state index in [2.05, 4.69) is 37.3 Å². The summed E-state index contributed by atoms with van der Waals surface area (Å²) in [6.45, 7) is 5.35. The summed E-state index contributed by atoms with van der Waals surface area (Å²) in [5.41, 5.74) is 3.68. The summed E-state index contributed by atoms with van der Waals surface area (Å²) in [7, 11) is 0. The number of rotatable bonds is 9. The van der Waals surface area contributed by atoms with Crippen LogP contribution in [0.5, 0.6) is 0 Å². The minimum atomic E-state index is 0.158. The van der Waals surface area contributed by atoms with E-state index in [1.165, 1.54) is 16.7 Å². The summed E-state index contributed by atoms with van der Waals surface area (Å²) < 4.78 is 18.0. The van der Waals surface area contributed by atoms with Crippen LogP contribution in [0.3, 0.4) is 0 Å². The van der Waals surface area contributed by atoms with Gasteiger partial charge < -0.3 is 14.2 Å². The number of hydrogen-bond acceptors (Lipinski definition) is 3. The van der Waals surface area contributed by atoms with Crippen LogP contribution in [0.1, 0.15) is 24.5 Å². The Kier molecular flexibility index (Phi) is 7.44. The predicted molar refractivity (Wildman–Crippen MR) is 104 cm³/mol. The van der Waals surface area contributed by atoms with Gasteiger partial charge >= 0.3 is 0 Å². The highest BCUT2D eigenvalue weighted by molar-refractivity contribution is 5.14. The standard InChI is InChI=1S/C23H28O3/c1-19-12-13-23(26-14-19)22(17-24-15-20-8-4-2-5-9-20)18-25-16-21-10-6-3-7-11-21/h2-12,22-23H,13-18H2,1H3. The first-order chi connectivity index (χ1) is 12.8. The van der Waals surface area contributed by atoms with E-state index in [1.807, 2.05) is 36.4 Å². The lowest BCUT2D eigenvalue weighted by molar-refractivity contribution is -0.0575. The lowest BCUT2D eigenvalue weighted by Gasteiger charge is -2.29. The molecule has 1 aliphatic rings. The molecule has 1 heterocycles. The molecule has 0 radical (unpaired) electrons. The van der Waals surface area contributed by atoms with Gasteiger partial charge in [-0.25, -0.2) is 0 Å². The van der Waals surface area contributed by atoms with Crippen LogP contribution < -0.4 is 0 Å². The molecule has 3 heteroatoms. The van der Waals surface area contributed by atoms with Crippen LogP contribution in [0.25, 0.3) is 0 Å². The molecule has 0 bridgehead atoms. The average molecular weight is 352 g/mol. The van der Waals surface area contributed by atoms with E-state index < -0.39 is 0 Å². The summed E-state index contributed by atoms with van der Waals surface area (Å²) in [6.07, 6.45) is 3.36. The molecule has 0 aromatic heterocycles. The molecule has 1 atom stereocenters. The molecule has 3 nitrogen and oxygen atoms in total. The van der Waals surface area contributed by atoms with Crippen LogP contribution in [0.15, 0.2) is 72.3 Å². The van der Waals surface area contributed by atoms with Crippen LogP contribution >= 0.6 is 0 Å². The molecule has 0 saturated carbocycles. The minimum Gasteiger partial charge on any atom is -0.376 e.